The number of hydrogen-bond acceptors (Lipinski definition) is 5. The van der Waals surface area contributed by atoms with Gasteiger partial charge in [-0.15, -0.1) is 0 Å². The normalized spacial score (nSPS) is 10.6. The lowest BCUT2D eigenvalue weighted by Gasteiger charge is -1.95. The summed E-state index contributed by atoms with van der Waals surface area (Å²) in [5.74, 6) is 0. The maximum Gasteiger partial charge on any atom is 0.270 e. The maximum atomic E-state index is 10.4. The molecule has 0 aromatic heterocycles. The first-order chi connectivity index (χ1) is 6.69. The van der Waals surface area contributed by atoms with Crippen molar-refractivity contribution in [1.82, 2.24) is 0 Å². The van der Waals surface area contributed by atoms with E-state index in [1.54, 1.807) is 6.07 Å². The second-order valence-corrected chi connectivity index (χ2v) is 2.37. The Morgan fingerprint density at radius 2 is 2.36 bits per heavy atom. The Labute approximate surface area is 78.9 Å². The lowest BCUT2D eigenvalue weighted by Crippen LogP contribution is -1.98. The summed E-state index contributed by atoms with van der Waals surface area (Å²) in [5, 5.41) is 30.0. The number of nitro benzene ring substituents is 1. The molecule has 6 nitrogen and oxygen atoms in total. The fourth-order valence-electron chi connectivity index (χ4n) is 0.911. The summed E-state index contributed by atoms with van der Waals surface area (Å²) in [6.07, 6.45) is 0. The van der Waals surface area contributed by atoms with E-state index in [1.807, 2.05) is 0 Å². The largest absolute Gasteiger partial charge is 0.410 e. The van der Waals surface area contributed by atoms with Gasteiger partial charge in [0.1, 0.15) is 6.07 Å². The van der Waals surface area contributed by atoms with Gasteiger partial charge in [0.25, 0.3) is 5.69 Å². The Hall–Kier alpha value is -2.42. The topological polar surface area (TPSA) is 99.5 Å². The van der Waals surface area contributed by atoms with Crippen LogP contribution in [-0.2, 0) is 0 Å². The number of rotatable bonds is 2. The number of hydrogen-bond donors (Lipinski definition) is 1. The predicted molar refractivity (Wildman–Crippen MR) is 47.0 cm³/mol. The molecule has 0 radical (unpaired) electrons. The zero-order valence-electron chi connectivity index (χ0n) is 6.91. The molecule has 0 bridgehead atoms. The Morgan fingerprint density at radius 1 is 1.64 bits per heavy atom. The van der Waals surface area contributed by atoms with Crippen molar-refractivity contribution in [2.75, 3.05) is 0 Å². The highest BCUT2D eigenvalue weighted by Gasteiger charge is 2.09. The van der Waals surface area contributed by atoms with Crippen LogP contribution < -0.4 is 0 Å². The molecule has 0 atom stereocenters. The van der Waals surface area contributed by atoms with Gasteiger partial charge in [-0.3, -0.25) is 10.1 Å². The molecule has 0 unspecified atom stereocenters. The van der Waals surface area contributed by atoms with Crippen molar-refractivity contribution in [3.63, 3.8) is 0 Å². The number of nitrogens with zero attached hydrogens (tertiary/aromatic N) is 3. The summed E-state index contributed by atoms with van der Waals surface area (Å²) in [6, 6.07) is 6.93. The van der Waals surface area contributed by atoms with E-state index in [4.69, 9.17) is 10.5 Å². The molecular weight excluding hydrogens is 186 g/mol. The number of nitro groups is 1. The summed E-state index contributed by atoms with van der Waals surface area (Å²) in [7, 11) is 0. The number of oxime groups is 1. The minimum absolute atomic E-state index is 0.154. The van der Waals surface area contributed by atoms with Crippen LogP contribution in [0.25, 0.3) is 0 Å². The first-order valence-electron chi connectivity index (χ1n) is 3.56. The molecule has 0 spiro atoms. The number of nitriles is 1. The Bertz CT molecular complexity index is 434. The molecule has 0 fully saturated rings. The summed E-state index contributed by atoms with van der Waals surface area (Å²) < 4.78 is 0. The molecule has 0 saturated carbocycles. The van der Waals surface area contributed by atoms with Crippen LogP contribution in [0.3, 0.4) is 0 Å². The quantitative estimate of drug-likeness (QED) is 0.329. The third-order valence-corrected chi connectivity index (χ3v) is 1.54. The minimum Gasteiger partial charge on any atom is -0.410 e. The highest BCUT2D eigenvalue weighted by atomic mass is 16.6. The van der Waals surface area contributed by atoms with Gasteiger partial charge in [-0.05, 0) is 0 Å². The van der Waals surface area contributed by atoms with Gasteiger partial charge in [0.15, 0.2) is 5.71 Å². The van der Waals surface area contributed by atoms with Gasteiger partial charge in [0.05, 0.1) is 4.92 Å². The average molecular weight is 191 g/mol. The molecule has 0 saturated heterocycles. The van der Waals surface area contributed by atoms with Crippen molar-refractivity contribution < 1.29 is 10.1 Å². The van der Waals surface area contributed by atoms with E-state index in [1.165, 1.54) is 18.2 Å². The molecule has 0 aliphatic rings. The second-order valence-electron chi connectivity index (χ2n) is 2.37. The first-order valence-corrected chi connectivity index (χ1v) is 3.56. The van der Waals surface area contributed by atoms with Crippen LogP contribution in [0.1, 0.15) is 5.56 Å². The Balaban J connectivity index is 3.19. The number of benzene rings is 1. The Morgan fingerprint density at radius 3 is 2.86 bits per heavy atom. The van der Waals surface area contributed by atoms with Crippen molar-refractivity contribution in [2.45, 2.75) is 0 Å². The van der Waals surface area contributed by atoms with E-state index in [2.05, 4.69) is 5.16 Å². The van der Waals surface area contributed by atoms with Crippen LogP contribution in [0.2, 0.25) is 0 Å². The summed E-state index contributed by atoms with van der Waals surface area (Å²) >= 11 is 0. The van der Waals surface area contributed by atoms with Crippen LogP contribution in [0, 0.1) is 21.4 Å². The fourth-order valence-corrected chi connectivity index (χ4v) is 0.911. The van der Waals surface area contributed by atoms with Crippen molar-refractivity contribution >= 4 is 11.4 Å². The van der Waals surface area contributed by atoms with Crippen molar-refractivity contribution in [2.24, 2.45) is 5.16 Å². The first kappa shape index (κ1) is 9.67. The van der Waals surface area contributed by atoms with E-state index in [9.17, 15) is 10.1 Å². The van der Waals surface area contributed by atoms with Gasteiger partial charge in [-0.1, -0.05) is 17.3 Å². The van der Waals surface area contributed by atoms with E-state index in [0.717, 1.165) is 6.07 Å². The molecule has 1 rings (SSSR count). The molecular formula is C8H5N3O3. The van der Waals surface area contributed by atoms with Gasteiger partial charge < -0.3 is 5.21 Å². The molecule has 1 N–H and O–H groups in total. The standard InChI is InChI=1S/C8H5N3O3/c9-5-8(10-12)6-2-1-3-7(4-6)11(13)14/h1-4,12H. The molecule has 0 aliphatic carbocycles. The molecule has 0 heterocycles. The maximum absolute atomic E-state index is 10.4. The van der Waals surface area contributed by atoms with E-state index < -0.39 is 4.92 Å². The lowest BCUT2D eigenvalue weighted by atomic mass is 10.1. The smallest absolute Gasteiger partial charge is 0.270 e. The average Bonchev–Trinajstić information content (AvgIpc) is 2.20. The van der Waals surface area contributed by atoms with Gasteiger partial charge >= 0.3 is 0 Å². The highest BCUT2D eigenvalue weighted by Crippen LogP contribution is 2.13. The van der Waals surface area contributed by atoms with E-state index in [0.29, 0.717) is 0 Å². The molecule has 70 valence electrons. The van der Waals surface area contributed by atoms with Crippen molar-refractivity contribution in [1.29, 1.82) is 5.26 Å². The van der Waals surface area contributed by atoms with Crippen molar-refractivity contribution in [3.8, 4) is 6.07 Å². The summed E-state index contributed by atoms with van der Waals surface area (Å²) in [6.45, 7) is 0. The third-order valence-electron chi connectivity index (χ3n) is 1.54. The molecule has 6 heteroatoms. The van der Waals surface area contributed by atoms with E-state index >= 15 is 0 Å². The molecule has 0 aliphatic heterocycles. The zero-order chi connectivity index (χ0) is 10.6. The van der Waals surface area contributed by atoms with Crippen molar-refractivity contribution in [3.05, 3.63) is 39.9 Å². The summed E-state index contributed by atoms with van der Waals surface area (Å²) in [5.41, 5.74) is -0.197. The lowest BCUT2D eigenvalue weighted by molar-refractivity contribution is -0.384. The third kappa shape index (κ3) is 1.84. The number of non-ortho nitro benzene ring substituents is 1. The second kappa shape index (κ2) is 4.00. The van der Waals surface area contributed by atoms with E-state index in [-0.39, 0.29) is 17.0 Å². The molecule has 1 aromatic rings. The van der Waals surface area contributed by atoms with Crippen LogP contribution >= 0.6 is 0 Å². The Kier molecular flexibility index (Phi) is 2.76. The molecule has 1 aromatic carbocycles. The zero-order valence-corrected chi connectivity index (χ0v) is 6.91. The SMILES string of the molecule is N#CC(=NO)c1cccc([N+](=O)[O-])c1. The highest BCUT2D eigenvalue weighted by molar-refractivity contribution is 6.11. The predicted octanol–water partition coefficient (Wildman–Crippen LogP) is 1.30. The monoisotopic (exact) mass is 191 g/mol. The fraction of sp³-hybridized carbons (Fsp3) is 0. The van der Waals surface area contributed by atoms with Crippen LogP contribution in [0.4, 0.5) is 5.69 Å². The van der Waals surface area contributed by atoms with Crippen LogP contribution in [0.5, 0.6) is 0 Å². The molecule has 14 heavy (non-hydrogen) atoms. The van der Waals surface area contributed by atoms with Crippen LogP contribution in [0.15, 0.2) is 29.4 Å². The minimum atomic E-state index is -0.587. The van der Waals surface area contributed by atoms with Gasteiger partial charge in [-0.25, -0.2) is 0 Å². The van der Waals surface area contributed by atoms with Gasteiger partial charge in [-0.2, -0.15) is 5.26 Å². The van der Waals surface area contributed by atoms with Gasteiger partial charge in [0, 0.05) is 17.7 Å². The summed E-state index contributed by atoms with van der Waals surface area (Å²) in [4.78, 5) is 9.79. The molecule has 0 amide bonds. The van der Waals surface area contributed by atoms with Crippen LogP contribution in [-0.4, -0.2) is 15.8 Å². The van der Waals surface area contributed by atoms with Gasteiger partial charge in [0.2, 0.25) is 0 Å².